The van der Waals surface area contributed by atoms with Gasteiger partial charge in [0.25, 0.3) is 5.11 Å². The second-order valence-corrected chi connectivity index (χ2v) is 4.27. The van der Waals surface area contributed by atoms with Gasteiger partial charge in [-0.2, -0.15) is 9.98 Å². The molecule has 76 valence electrons. The molecule has 0 amide bonds. The standard InChI is InChI=1S/C10H8N2O2S/c1-7-11-10-12-9(14-15(10)13-7)8-5-3-2-4-6-8/h2-6H,1H3. The van der Waals surface area contributed by atoms with Gasteiger partial charge < -0.3 is 8.37 Å². The first-order chi connectivity index (χ1) is 7.33. The minimum atomic E-state index is -0.719. The van der Waals surface area contributed by atoms with Gasteiger partial charge in [0.1, 0.15) is 0 Å². The van der Waals surface area contributed by atoms with Crippen LogP contribution in [0.15, 0.2) is 40.3 Å². The van der Waals surface area contributed by atoms with Crippen molar-refractivity contribution in [3.8, 4) is 0 Å². The Morgan fingerprint density at radius 3 is 2.60 bits per heavy atom. The summed E-state index contributed by atoms with van der Waals surface area (Å²) in [6.07, 6.45) is 0. The molecule has 0 bridgehead atoms. The summed E-state index contributed by atoms with van der Waals surface area (Å²) in [5.74, 6) is 1.20. The molecule has 0 aliphatic carbocycles. The molecule has 0 saturated carbocycles. The van der Waals surface area contributed by atoms with Crippen LogP contribution in [0.5, 0.6) is 0 Å². The molecule has 0 aromatic heterocycles. The van der Waals surface area contributed by atoms with E-state index < -0.39 is 11.0 Å². The van der Waals surface area contributed by atoms with E-state index in [1.165, 1.54) is 0 Å². The van der Waals surface area contributed by atoms with Gasteiger partial charge >= 0.3 is 0 Å². The van der Waals surface area contributed by atoms with Crippen LogP contribution >= 0.6 is 11.0 Å². The SMILES string of the molecule is CC1=NC2=S(O1)OC(c1ccccc1)=N2. The number of hydrogen-bond acceptors (Lipinski definition) is 4. The first-order valence-electron chi connectivity index (χ1n) is 4.50. The van der Waals surface area contributed by atoms with E-state index in [4.69, 9.17) is 8.37 Å². The molecular weight excluding hydrogens is 212 g/mol. The van der Waals surface area contributed by atoms with Gasteiger partial charge in [-0.15, -0.1) is 0 Å². The lowest BCUT2D eigenvalue weighted by Gasteiger charge is -2.04. The molecule has 1 unspecified atom stereocenters. The second-order valence-electron chi connectivity index (χ2n) is 3.10. The quantitative estimate of drug-likeness (QED) is 0.680. The molecule has 0 fully saturated rings. The fourth-order valence-electron chi connectivity index (χ4n) is 1.32. The van der Waals surface area contributed by atoms with Crippen molar-refractivity contribution in [2.75, 3.05) is 0 Å². The van der Waals surface area contributed by atoms with Crippen LogP contribution in [0.25, 0.3) is 0 Å². The number of nitrogens with zero attached hydrogens (tertiary/aromatic N) is 2. The van der Waals surface area contributed by atoms with Gasteiger partial charge in [0, 0.05) is 12.5 Å². The Hall–Kier alpha value is -1.62. The molecular formula is C10H8N2O2S. The van der Waals surface area contributed by atoms with E-state index in [1.54, 1.807) is 6.92 Å². The van der Waals surface area contributed by atoms with Crippen molar-refractivity contribution in [2.45, 2.75) is 6.92 Å². The van der Waals surface area contributed by atoms with Crippen molar-refractivity contribution in [3.63, 3.8) is 0 Å². The fraction of sp³-hybridized carbons (Fsp3) is 0.100. The second kappa shape index (κ2) is 3.20. The van der Waals surface area contributed by atoms with Crippen molar-refractivity contribution < 1.29 is 8.37 Å². The summed E-state index contributed by atoms with van der Waals surface area (Å²) in [6.45, 7) is 1.79. The minimum Gasteiger partial charge on any atom is -0.382 e. The van der Waals surface area contributed by atoms with Gasteiger partial charge in [0.15, 0.2) is 0 Å². The summed E-state index contributed by atoms with van der Waals surface area (Å²) in [7, 11) is 0. The van der Waals surface area contributed by atoms with Gasteiger partial charge in [0.2, 0.25) is 22.8 Å². The molecule has 15 heavy (non-hydrogen) atoms. The first kappa shape index (κ1) is 8.67. The highest BCUT2D eigenvalue weighted by Crippen LogP contribution is 2.32. The zero-order chi connectivity index (χ0) is 10.3. The lowest BCUT2D eigenvalue weighted by molar-refractivity contribution is 0.536. The highest BCUT2D eigenvalue weighted by molar-refractivity contribution is 8.08. The van der Waals surface area contributed by atoms with Crippen molar-refractivity contribution >= 4 is 28.0 Å². The Morgan fingerprint density at radius 1 is 1.07 bits per heavy atom. The number of rotatable bonds is 1. The zero-order valence-electron chi connectivity index (χ0n) is 8.01. The summed E-state index contributed by atoms with van der Waals surface area (Å²) in [4.78, 5) is 8.42. The lowest BCUT2D eigenvalue weighted by atomic mass is 10.2. The van der Waals surface area contributed by atoms with Gasteiger partial charge in [-0.25, -0.2) is 0 Å². The normalized spacial score (nSPS) is 22.7. The molecule has 1 aromatic rings. The molecule has 3 rings (SSSR count). The van der Waals surface area contributed by atoms with Crippen molar-refractivity contribution in [2.24, 2.45) is 9.98 Å². The van der Waals surface area contributed by atoms with Crippen LogP contribution in [-0.4, -0.2) is 16.9 Å². The van der Waals surface area contributed by atoms with E-state index >= 15 is 0 Å². The Morgan fingerprint density at radius 2 is 1.87 bits per heavy atom. The summed E-state index contributed by atoms with van der Waals surface area (Å²) in [5.41, 5.74) is 0.948. The Kier molecular flexibility index (Phi) is 1.85. The first-order valence-corrected chi connectivity index (χ1v) is 5.58. The molecule has 2 aliphatic heterocycles. The number of aliphatic imine (C=N–C) groups is 2. The highest BCUT2D eigenvalue weighted by Gasteiger charge is 2.26. The molecule has 0 radical (unpaired) electrons. The Bertz CT molecular complexity index is 505. The van der Waals surface area contributed by atoms with Crippen LogP contribution in [0.3, 0.4) is 0 Å². The van der Waals surface area contributed by atoms with Crippen LogP contribution < -0.4 is 0 Å². The Balaban J connectivity index is 1.92. The summed E-state index contributed by atoms with van der Waals surface area (Å²) >= 11 is -0.719. The molecule has 2 heterocycles. The maximum atomic E-state index is 5.55. The molecule has 2 aliphatic rings. The number of benzene rings is 1. The summed E-state index contributed by atoms with van der Waals surface area (Å²) in [6, 6.07) is 9.73. The molecule has 4 nitrogen and oxygen atoms in total. The number of hydrogen-bond donors (Lipinski definition) is 0. The van der Waals surface area contributed by atoms with Gasteiger partial charge in [-0.3, -0.25) is 0 Å². The van der Waals surface area contributed by atoms with E-state index in [9.17, 15) is 0 Å². The van der Waals surface area contributed by atoms with E-state index in [1.807, 2.05) is 30.3 Å². The van der Waals surface area contributed by atoms with Crippen LogP contribution in [0, 0.1) is 0 Å². The topological polar surface area (TPSA) is 43.2 Å². The molecule has 1 aromatic carbocycles. The van der Waals surface area contributed by atoms with E-state index in [2.05, 4.69) is 9.98 Å². The third-order valence-electron chi connectivity index (χ3n) is 1.97. The van der Waals surface area contributed by atoms with Crippen LogP contribution in [0.4, 0.5) is 0 Å². The van der Waals surface area contributed by atoms with E-state index in [0.717, 1.165) is 5.56 Å². The largest absolute Gasteiger partial charge is 0.382 e. The van der Waals surface area contributed by atoms with Crippen LogP contribution in [0.2, 0.25) is 0 Å². The molecule has 1 atom stereocenters. The van der Waals surface area contributed by atoms with Crippen LogP contribution in [0.1, 0.15) is 12.5 Å². The highest BCUT2D eigenvalue weighted by atomic mass is 32.2. The average Bonchev–Trinajstić information content (AvgIpc) is 2.76. The smallest absolute Gasteiger partial charge is 0.261 e. The molecule has 0 N–H and O–H groups in total. The molecule has 5 heteroatoms. The zero-order valence-corrected chi connectivity index (χ0v) is 8.82. The van der Waals surface area contributed by atoms with Crippen LogP contribution in [-0.2, 0) is 8.37 Å². The third kappa shape index (κ3) is 1.45. The predicted molar refractivity (Wildman–Crippen MR) is 60.9 cm³/mol. The predicted octanol–water partition coefficient (Wildman–Crippen LogP) is 2.10. The average molecular weight is 220 g/mol. The third-order valence-corrected chi connectivity index (χ3v) is 3.15. The van der Waals surface area contributed by atoms with Gasteiger partial charge in [-0.1, -0.05) is 18.2 Å². The van der Waals surface area contributed by atoms with Crippen molar-refractivity contribution in [1.29, 1.82) is 0 Å². The maximum absolute atomic E-state index is 5.55. The lowest BCUT2D eigenvalue weighted by Crippen LogP contribution is -2.01. The Labute approximate surface area is 89.6 Å². The summed E-state index contributed by atoms with van der Waals surface area (Å²) < 4.78 is 10.9. The van der Waals surface area contributed by atoms with E-state index in [-0.39, 0.29) is 0 Å². The van der Waals surface area contributed by atoms with Crippen molar-refractivity contribution in [3.05, 3.63) is 35.9 Å². The van der Waals surface area contributed by atoms with Gasteiger partial charge in [0.05, 0.1) is 0 Å². The minimum absolute atomic E-state index is 0.588. The maximum Gasteiger partial charge on any atom is 0.261 e. The monoisotopic (exact) mass is 220 g/mol. The molecule has 0 saturated heterocycles. The van der Waals surface area contributed by atoms with Gasteiger partial charge in [-0.05, 0) is 12.1 Å². The fourth-order valence-corrected chi connectivity index (χ4v) is 2.40. The van der Waals surface area contributed by atoms with Crippen molar-refractivity contribution in [1.82, 2.24) is 0 Å². The molecule has 0 spiro atoms. The summed E-state index contributed by atoms with van der Waals surface area (Å²) in [5, 5.41) is 0.631. The van der Waals surface area contributed by atoms with E-state index in [0.29, 0.717) is 16.9 Å².